The number of nitrogens with zero attached hydrogens (tertiary/aromatic N) is 1. The maximum Gasteiger partial charge on any atom is 0.343 e. The van der Waals surface area contributed by atoms with Crippen LogP contribution in [-0.4, -0.2) is 58.5 Å². The van der Waals surface area contributed by atoms with Gasteiger partial charge in [-0.15, -0.1) is 0 Å². The van der Waals surface area contributed by atoms with Crippen molar-refractivity contribution in [2.24, 2.45) is 5.10 Å². The van der Waals surface area contributed by atoms with Crippen LogP contribution in [0.2, 0.25) is 0 Å². The Morgan fingerprint density at radius 1 is 0.875 bits per heavy atom. The number of carbonyl (C=O) groups excluding carboxylic acids is 3. The molecule has 2 N–H and O–H groups in total. The van der Waals surface area contributed by atoms with E-state index < -0.39 is 17.8 Å². The summed E-state index contributed by atoms with van der Waals surface area (Å²) in [6, 6.07) is 14.5. The highest BCUT2D eigenvalue weighted by molar-refractivity contribution is 9.10. The van der Waals surface area contributed by atoms with Crippen molar-refractivity contribution in [3.05, 3.63) is 75.8 Å². The molecule has 2 amide bonds. The SMILES string of the molecule is CCOc1ccc(C(=O)Oc2ccc(Br)cc2C=NNC(=O)CNC(=O)c2cc(OC)c(OC)c(OC)c2)cc1. The molecule has 3 rings (SSSR count). The number of esters is 1. The normalized spacial score (nSPS) is 10.5. The summed E-state index contributed by atoms with van der Waals surface area (Å²) in [5, 5.41) is 6.42. The van der Waals surface area contributed by atoms with E-state index in [2.05, 4.69) is 31.8 Å². The molecule has 0 spiro atoms. The van der Waals surface area contributed by atoms with E-state index in [0.29, 0.717) is 45.2 Å². The Morgan fingerprint density at radius 2 is 1.55 bits per heavy atom. The maximum absolute atomic E-state index is 12.6. The fourth-order valence-electron chi connectivity index (χ4n) is 3.41. The van der Waals surface area contributed by atoms with Gasteiger partial charge in [0.15, 0.2) is 11.5 Å². The van der Waals surface area contributed by atoms with Gasteiger partial charge in [-0.05, 0) is 61.5 Å². The van der Waals surface area contributed by atoms with Crippen molar-refractivity contribution in [1.29, 1.82) is 0 Å². The molecular formula is C28H28BrN3O8. The van der Waals surface area contributed by atoms with Gasteiger partial charge in [0.1, 0.15) is 11.5 Å². The van der Waals surface area contributed by atoms with Crippen molar-refractivity contribution < 1.29 is 38.1 Å². The number of hydrazone groups is 1. The smallest absolute Gasteiger partial charge is 0.343 e. The average molecular weight is 614 g/mol. The van der Waals surface area contributed by atoms with Crippen molar-refractivity contribution in [3.63, 3.8) is 0 Å². The largest absolute Gasteiger partial charge is 0.494 e. The molecule has 0 radical (unpaired) electrons. The summed E-state index contributed by atoms with van der Waals surface area (Å²) in [7, 11) is 4.32. The van der Waals surface area contributed by atoms with Gasteiger partial charge in [-0.1, -0.05) is 15.9 Å². The minimum Gasteiger partial charge on any atom is -0.494 e. The molecule has 0 atom stereocenters. The number of hydrogen-bond acceptors (Lipinski definition) is 9. The fourth-order valence-corrected chi connectivity index (χ4v) is 3.79. The molecule has 0 aliphatic carbocycles. The molecule has 0 bridgehead atoms. The number of nitrogens with one attached hydrogen (secondary N) is 2. The van der Waals surface area contributed by atoms with Crippen molar-refractivity contribution in [1.82, 2.24) is 10.7 Å². The van der Waals surface area contributed by atoms with Crippen molar-refractivity contribution in [3.8, 4) is 28.7 Å². The van der Waals surface area contributed by atoms with Gasteiger partial charge in [-0.25, -0.2) is 10.2 Å². The van der Waals surface area contributed by atoms with Crippen LogP contribution in [0, 0.1) is 0 Å². The summed E-state index contributed by atoms with van der Waals surface area (Å²) < 4.78 is 27.4. The van der Waals surface area contributed by atoms with E-state index >= 15 is 0 Å². The molecule has 0 unspecified atom stereocenters. The number of rotatable bonds is 12. The monoisotopic (exact) mass is 613 g/mol. The third kappa shape index (κ3) is 7.96. The number of amides is 2. The van der Waals surface area contributed by atoms with Crippen LogP contribution in [0.5, 0.6) is 28.7 Å². The number of halogens is 1. The summed E-state index contributed by atoms with van der Waals surface area (Å²) in [5.74, 6) is 0.128. The molecule has 3 aromatic carbocycles. The minimum absolute atomic E-state index is 0.207. The van der Waals surface area contributed by atoms with E-state index in [1.165, 1.54) is 39.7 Å². The van der Waals surface area contributed by atoms with Gasteiger partial charge in [0.25, 0.3) is 11.8 Å². The summed E-state index contributed by atoms with van der Waals surface area (Å²) in [6.45, 7) is 2.03. The second-order valence-corrected chi connectivity index (χ2v) is 8.83. The summed E-state index contributed by atoms with van der Waals surface area (Å²) in [5.41, 5.74) is 3.30. The molecular weight excluding hydrogens is 586 g/mol. The molecule has 0 aromatic heterocycles. The molecule has 0 aliphatic heterocycles. The van der Waals surface area contributed by atoms with Crippen molar-refractivity contribution >= 4 is 39.9 Å². The van der Waals surface area contributed by atoms with Crippen LogP contribution in [0.4, 0.5) is 0 Å². The van der Waals surface area contributed by atoms with Crippen LogP contribution in [0.15, 0.2) is 64.2 Å². The topological polar surface area (TPSA) is 134 Å². The molecule has 0 fully saturated rings. The van der Waals surface area contributed by atoms with E-state index in [0.717, 1.165) is 0 Å². The van der Waals surface area contributed by atoms with Crippen molar-refractivity contribution in [2.75, 3.05) is 34.5 Å². The third-order valence-electron chi connectivity index (χ3n) is 5.30. The van der Waals surface area contributed by atoms with E-state index in [4.69, 9.17) is 23.7 Å². The maximum atomic E-state index is 12.6. The lowest BCUT2D eigenvalue weighted by Gasteiger charge is -2.14. The Hall–Kier alpha value is -4.58. The van der Waals surface area contributed by atoms with Gasteiger partial charge < -0.3 is 29.0 Å². The quantitative estimate of drug-likeness (QED) is 0.136. The molecule has 0 saturated heterocycles. The number of ether oxygens (including phenoxy) is 5. The first-order valence-electron chi connectivity index (χ1n) is 11.9. The zero-order chi connectivity index (χ0) is 29.1. The van der Waals surface area contributed by atoms with Crippen LogP contribution in [0.25, 0.3) is 0 Å². The molecule has 3 aromatic rings. The zero-order valence-electron chi connectivity index (χ0n) is 22.3. The highest BCUT2D eigenvalue weighted by atomic mass is 79.9. The van der Waals surface area contributed by atoms with Crippen LogP contribution in [0.1, 0.15) is 33.2 Å². The Labute approximate surface area is 239 Å². The molecule has 12 heteroatoms. The number of carbonyl (C=O) groups is 3. The fraction of sp³-hybridized carbons (Fsp3) is 0.214. The molecule has 0 saturated carbocycles. The van der Waals surface area contributed by atoms with E-state index in [9.17, 15) is 14.4 Å². The van der Waals surface area contributed by atoms with Crippen LogP contribution in [0.3, 0.4) is 0 Å². The Bertz CT molecular complexity index is 1370. The van der Waals surface area contributed by atoms with Gasteiger partial charge in [-0.3, -0.25) is 9.59 Å². The lowest BCUT2D eigenvalue weighted by molar-refractivity contribution is -0.120. The first-order valence-corrected chi connectivity index (χ1v) is 12.7. The Morgan fingerprint density at radius 3 is 2.15 bits per heavy atom. The number of hydrogen-bond donors (Lipinski definition) is 2. The summed E-state index contributed by atoms with van der Waals surface area (Å²) in [4.78, 5) is 37.5. The minimum atomic E-state index is -0.583. The van der Waals surface area contributed by atoms with Crippen molar-refractivity contribution in [2.45, 2.75) is 6.92 Å². The first-order chi connectivity index (χ1) is 19.3. The highest BCUT2D eigenvalue weighted by Crippen LogP contribution is 2.38. The second kappa shape index (κ2) is 14.5. The van der Waals surface area contributed by atoms with Gasteiger partial charge in [0.05, 0.1) is 46.3 Å². The number of benzene rings is 3. The molecule has 0 heterocycles. The molecule has 0 aliphatic rings. The van der Waals surface area contributed by atoms with E-state index in [-0.39, 0.29) is 17.9 Å². The highest BCUT2D eigenvalue weighted by Gasteiger charge is 2.17. The standard InChI is InChI=1S/C28H28BrN3O8/c1-5-39-21-9-6-17(7-10-21)28(35)40-22-11-8-20(29)12-19(22)15-31-32-25(33)16-30-27(34)18-13-23(36-2)26(38-4)24(14-18)37-3/h6-15H,5,16H2,1-4H3,(H,30,34)(H,32,33). The molecule has 40 heavy (non-hydrogen) atoms. The van der Waals surface area contributed by atoms with Crippen LogP contribution < -0.4 is 34.4 Å². The van der Waals surface area contributed by atoms with Crippen LogP contribution >= 0.6 is 15.9 Å². The lowest BCUT2D eigenvalue weighted by atomic mass is 10.1. The number of methoxy groups -OCH3 is 3. The first kappa shape index (κ1) is 30.0. The third-order valence-corrected chi connectivity index (χ3v) is 5.80. The predicted octanol–water partition coefficient (Wildman–Crippen LogP) is 3.97. The lowest BCUT2D eigenvalue weighted by Crippen LogP contribution is -2.35. The average Bonchev–Trinajstić information content (AvgIpc) is 2.96. The van der Waals surface area contributed by atoms with Crippen LogP contribution in [-0.2, 0) is 4.79 Å². The predicted molar refractivity (Wildman–Crippen MR) is 151 cm³/mol. The molecule has 11 nitrogen and oxygen atoms in total. The van der Waals surface area contributed by atoms with Gasteiger partial charge in [-0.2, -0.15) is 5.10 Å². The van der Waals surface area contributed by atoms with Gasteiger partial charge in [0.2, 0.25) is 5.75 Å². The Balaban J connectivity index is 1.61. The van der Waals surface area contributed by atoms with E-state index in [1.54, 1.807) is 42.5 Å². The summed E-state index contributed by atoms with van der Waals surface area (Å²) >= 11 is 3.37. The second-order valence-electron chi connectivity index (χ2n) is 7.92. The Kier molecular flexibility index (Phi) is 10.9. The van der Waals surface area contributed by atoms with Gasteiger partial charge >= 0.3 is 5.97 Å². The van der Waals surface area contributed by atoms with Gasteiger partial charge in [0, 0.05) is 15.6 Å². The molecule has 210 valence electrons. The summed E-state index contributed by atoms with van der Waals surface area (Å²) in [6.07, 6.45) is 1.32. The van der Waals surface area contributed by atoms with E-state index in [1.807, 2.05) is 6.92 Å². The zero-order valence-corrected chi connectivity index (χ0v) is 23.9.